The van der Waals surface area contributed by atoms with Crippen LogP contribution in [0, 0.1) is 0 Å². The van der Waals surface area contributed by atoms with Gasteiger partial charge in [-0.1, -0.05) is 0 Å². The van der Waals surface area contributed by atoms with Crippen LogP contribution in [-0.2, 0) is 4.74 Å². The van der Waals surface area contributed by atoms with E-state index in [1.54, 1.807) is 12.1 Å². The minimum Gasteiger partial charge on any atom is -0.464 e. The molecule has 92 valence electrons. The minimum absolute atomic E-state index is 0.222. The minimum atomic E-state index is -0.471. The average molecular weight is 236 g/mol. The Morgan fingerprint density at radius 3 is 3.00 bits per heavy atom. The number of hydrogen-bond acceptors (Lipinski definition) is 6. The second-order valence-electron chi connectivity index (χ2n) is 3.99. The summed E-state index contributed by atoms with van der Waals surface area (Å²) in [6, 6.07) is 3.74. The third kappa shape index (κ3) is 2.36. The van der Waals surface area contributed by atoms with Crippen molar-refractivity contribution in [2.24, 2.45) is 5.73 Å². The predicted octanol–water partition coefficient (Wildman–Crippen LogP) is 0.191. The first-order valence-electron chi connectivity index (χ1n) is 5.65. The molecule has 1 aliphatic heterocycles. The van der Waals surface area contributed by atoms with Gasteiger partial charge in [0, 0.05) is 19.1 Å². The van der Waals surface area contributed by atoms with Gasteiger partial charge in [0.15, 0.2) is 11.5 Å². The number of nitrogens with two attached hydrogens (primary N) is 1. The summed E-state index contributed by atoms with van der Waals surface area (Å²) in [7, 11) is 1.32. The highest BCUT2D eigenvalue weighted by Crippen LogP contribution is 2.22. The van der Waals surface area contributed by atoms with Crippen LogP contribution in [-0.4, -0.2) is 42.4 Å². The summed E-state index contributed by atoms with van der Waals surface area (Å²) in [4.78, 5) is 13.3. The number of anilines is 1. The number of carbonyl (C=O) groups is 1. The fraction of sp³-hybridized carbons (Fsp3) is 0.545. The largest absolute Gasteiger partial charge is 0.464 e. The Morgan fingerprint density at radius 2 is 2.41 bits per heavy atom. The van der Waals surface area contributed by atoms with E-state index in [0.717, 1.165) is 25.2 Å². The molecule has 0 aromatic carbocycles. The van der Waals surface area contributed by atoms with Gasteiger partial charge in [-0.3, -0.25) is 0 Å². The molecule has 0 spiro atoms. The Bertz CT molecular complexity index is 393. The molecule has 1 saturated heterocycles. The van der Waals surface area contributed by atoms with Crippen molar-refractivity contribution in [3.05, 3.63) is 17.8 Å². The molecule has 0 aliphatic carbocycles. The third-order valence-electron chi connectivity index (χ3n) is 2.99. The van der Waals surface area contributed by atoms with E-state index in [0.29, 0.717) is 12.6 Å². The highest BCUT2D eigenvalue weighted by Gasteiger charge is 2.24. The molecule has 1 unspecified atom stereocenters. The van der Waals surface area contributed by atoms with Crippen molar-refractivity contribution in [1.29, 1.82) is 0 Å². The molecule has 0 amide bonds. The molecule has 0 bridgehead atoms. The maximum atomic E-state index is 11.2. The van der Waals surface area contributed by atoms with Crippen LogP contribution in [0.25, 0.3) is 0 Å². The van der Waals surface area contributed by atoms with Gasteiger partial charge in [0.25, 0.3) is 0 Å². The third-order valence-corrected chi connectivity index (χ3v) is 2.99. The number of methoxy groups -OCH3 is 1. The second kappa shape index (κ2) is 5.09. The smallest absolute Gasteiger partial charge is 0.358 e. The van der Waals surface area contributed by atoms with Gasteiger partial charge in [-0.15, -0.1) is 10.2 Å². The van der Waals surface area contributed by atoms with Crippen LogP contribution in [0.1, 0.15) is 23.3 Å². The molecule has 1 aromatic heterocycles. The maximum absolute atomic E-state index is 11.2. The zero-order chi connectivity index (χ0) is 12.3. The summed E-state index contributed by atoms with van der Waals surface area (Å²) in [6.07, 6.45) is 2.19. The quantitative estimate of drug-likeness (QED) is 0.754. The topological polar surface area (TPSA) is 81.3 Å². The number of esters is 1. The number of rotatable bonds is 3. The Labute approximate surface area is 99.8 Å². The van der Waals surface area contributed by atoms with Crippen LogP contribution in [0.2, 0.25) is 0 Å². The summed E-state index contributed by atoms with van der Waals surface area (Å²) >= 11 is 0. The van der Waals surface area contributed by atoms with Gasteiger partial charge in [-0.25, -0.2) is 4.79 Å². The molecule has 2 N–H and O–H groups in total. The monoisotopic (exact) mass is 236 g/mol. The molecule has 1 aliphatic rings. The number of hydrogen-bond donors (Lipinski definition) is 1. The van der Waals surface area contributed by atoms with Gasteiger partial charge < -0.3 is 15.4 Å². The summed E-state index contributed by atoms with van der Waals surface area (Å²) in [5.74, 6) is 0.298. The summed E-state index contributed by atoms with van der Waals surface area (Å²) in [6.45, 7) is 1.55. The molecule has 2 rings (SSSR count). The number of nitrogens with zero attached hydrogens (tertiary/aromatic N) is 3. The van der Waals surface area contributed by atoms with E-state index in [1.807, 2.05) is 0 Å². The lowest BCUT2D eigenvalue weighted by Crippen LogP contribution is -2.36. The lowest BCUT2D eigenvalue weighted by Gasteiger charge is -2.23. The summed E-state index contributed by atoms with van der Waals surface area (Å²) in [5.41, 5.74) is 5.92. The maximum Gasteiger partial charge on any atom is 0.358 e. The van der Waals surface area contributed by atoms with E-state index in [1.165, 1.54) is 7.11 Å². The Balaban J connectivity index is 2.15. The van der Waals surface area contributed by atoms with E-state index in [9.17, 15) is 4.79 Å². The highest BCUT2D eigenvalue weighted by molar-refractivity contribution is 5.86. The molecule has 1 aromatic rings. The highest BCUT2D eigenvalue weighted by atomic mass is 16.5. The lowest BCUT2D eigenvalue weighted by atomic mass is 10.2. The van der Waals surface area contributed by atoms with E-state index in [-0.39, 0.29) is 5.69 Å². The average Bonchev–Trinajstić information content (AvgIpc) is 2.86. The van der Waals surface area contributed by atoms with Crippen LogP contribution in [0.3, 0.4) is 0 Å². The van der Waals surface area contributed by atoms with Crippen LogP contribution < -0.4 is 10.6 Å². The number of carbonyl (C=O) groups excluding carboxylic acids is 1. The zero-order valence-electron chi connectivity index (χ0n) is 9.80. The number of ether oxygens (including phenoxy) is 1. The lowest BCUT2D eigenvalue weighted by molar-refractivity contribution is 0.0592. The Kier molecular flexibility index (Phi) is 3.53. The molecular weight excluding hydrogens is 220 g/mol. The molecule has 6 nitrogen and oxygen atoms in total. The van der Waals surface area contributed by atoms with Gasteiger partial charge in [-0.2, -0.15) is 0 Å². The van der Waals surface area contributed by atoms with E-state index in [2.05, 4.69) is 19.8 Å². The van der Waals surface area contributed by atoms with Gasteiger partial charge in [0.1, 0.15) is 0 Å². The van der Waals surface area contributed by atoms with Crippen LogP contribution in [0.4, 0.5) is 5.82 Å². The fourth-order valence-electron chi connectivity index (χ4n) is 2.07. The molecule has 6 heteroatoms. The van der Waals surface area contributed by atoms with Crippen LogP contribution in [0.5, 0.6) is 0 Å². The van der Waals surface area contributed by atoms with Gasteiger partial charge >= 0.3 is 5.97 Å². The fourth-order valence-corrected chi connectivity index (χ4v) is 2.07. The van der Waals surface area contributed by atoms with Crippen molar-refractivity contribution in [3.8, 4) is 0 Å². The molecular formula is C11H16N4O2. The van der Waals surface area contributed by atoms with Crippen molar-refractivity contribution in [2.45, 2.75) is 18.9 Å². The molecule has 1 atom stereocenters. The van der Waals surface area contributed by atoms with Crippen molar-refractivity contribution in [1.82, 2.24) is 10.2 Å². The molecule has 0 radical (unpaired) electrons. The normalized spacial score (nSPS) is 19.4. The number of aromatic nitrogens is 2. The van der Waals surface area contributed by atoms with Gasteiger partial charge in [0.05, 0.1) is 7.11 Å². The zero-order valence-corrected chi connectivity index (χ0v) is 9.80. The van der Waals surface area contributed by atoms with Crippen molar-refractivity contribution < 1.29 is 9.53 Å². The standard InChI is InChI=1S/C11H16N4O2/c1-17-11(16)9-4-5-10(14-13-9)15-6-2-3-8(15)7-12/h4-5,8H,2-3,6-7,12H2,1H3. The molecule has 17 heavy (non-hydrogen) atoms. The van der Waals surface area contributed by atoms with E-state index in [4.69, 9.17) is 5.73 Å². The molecule has 2 heterocycles. The summed E-state index contributed by atoms with van der Waals surface area (Å²) in [5, 5.41) is 7.90. The van der Waals surface area contributed by atoms with Crippen molar-refractivity contribution in [3.63, 3.8) is 0 Å². The van der Waals surface area contributed by atoms with Crippen molar-refractivity contribution >= 4 is 11.8 Å². The first-order chi connectivity index (χ1) is 8.26. The summed E-state index contributed by atoms with van der Waals surface area (Å²) < 4.78 is 4.57. The molecule has 1 fully saturated rings. The SMILES string of the molecule is COC(=O)c1ccc(N2CCCC2CN)nn1. The van der Waals surface area contributed by atoms with Gasteiger partial charge in [0.2, 0.25) is 0 Å². The second-order valence-corrected chi connectivity index (χ2v) is 3.99. The Hall–Kier alpha value is -1.69. The van der Waals surface area contributed by atoms with E-state index >= 15 is 0 Å². The van der Waals surface area contributed by atoms with Crippen LogP contribution >= 0.6 is 0 Å². The van der Waals surface area contributed by atoms with Crippen LogP contribution in [0.15, 0.2) is 12.1 Å². The van der Waals surface area contributed by atoms with Gasteiger partial charge in [-0.05, 0) is 25.0 Å². The van der Waals surface area contributed by atoms with E-state index < -0.39 is 5.97 Å². The Morgan fingerprint density at radius 1 is 1.59 bits per heavy atom. The first kappa shape index (κ1) is 11.8. The van der Waals surface area contributed by atoms with Crippen molar-refractivity contribution in [2.75, 3.05) is 25.1 Å². The first-order valence-corrected chi connectivity index (χ1v) is 5.65. The molecule has 0 saturated carbocycles. The predicted molar refractivity (Wildman–Crippen MR) is 62.8 cm³/mol.